The summed E-state index contributed by atoms with van der Waals surface area (Å²) in [5.41, 5.74) is 2.00. The van der Waals surface area contributed by atoms with Gasteiger partial charge in [0.05, 0.1) is 0 Å². The van der Waals surface area contributed by atoms with Gasteiger partial charge in [0, 0.05) is 50.4 Å². The highest BCUT2D eigenvalue weighted by atomic mass is 16.2. The third-order valence-corrected chi connectivity index (χ3v) is 5.45. The Kier molecular flexibility index (Phi) is 8.62. The minimum absolute atomic E-state index is 0.0344. The number of hydrogen-bond acceptors (Lipinski definition) is 3. The predicted octanol–water partition coefficient (Wildman–Crippen LogP) is 4.11. The van der Waals surface area contributed by atoms with Gasteiger partial charge >= 0.3 is 0 Å². The molecule has 5 nitrogen and oxygen atoms in total. The molecular weight excluding hydrogens is 338 g/mol. The third kappa shape index (κ3) is 6.56. The van der Waals surface area contributed by atoms with Crippen molar-refractivity contribution < 1.29 is 9.59 Å². The van der Waals surface area contributed by atoms with Gasteiger partial charge in [-0.1, -0.05) is 25.7 Å². The Balaban J connectivity index is 1.92. The van der Waals surface area contributed by atoms with Gasteiger partial charge in [-0.3, -0.25) is 9.59 Å². The van der Waals surface area contributed by atoms with Crippen molar-refractivity contribution in [2.24, 2.45) is 0 Å². The lowest BCUT2D eigenvalue weighted by atomic mass is 10.1. The zero-order chi connectivity index (χ0) is 19.6. The summed E-state index contributed by atoms with van der Waals surface area (Å²) in [5, 5.41) is 3.16. The number of carbonyl (C=O) groups is 2. The Morgan fingerprint density at radius 1 is 0.963 bits per heavy atom. The van der Waals surface area contributed by atoms with Gasteiger partial charge in [-0.25, -0.2) is 0 Å². The van der Waals surface area contributed by atoms with Crippen LogP contribution in [0.25, 0.3) is 0 Å². The lowest BCUT2D eigenvalue weighted by molar-refractivity contribution is -0.121. The van der Waals surface area contributed by atoms with Crippen molar-refractivity contribution in [2.45, 2.75) is 71.8 Å². The number of carbonyl (C=O) groups excluding carboxylic acids is 2. The monoisotopic (exact) mass is 373 g/mol. The minimum atomic E-state index is -0.0344. The van der Waals surface area contributed by atoms with Gasteiger partial charge in [-0.2, -0.15) is 0 Å². The van der Waals surface area contributed by atoms with Gasteiger partial charge in [-0.15, -0.1) is 0 Å². The largest absolute Gasteiger partial charge is 0.372 e. The first-order valence-electron chi connectivity index (χ1n) is 10.5. The van der Waals surface area contributed by atoms with Gasteiger partial charge in [-0.05, 0) is 51.0 Å². The Hall–Kier alpha value is -2.04. The lowest BCUT2D eigenvalue weighted by Gasteiger charge is -2.24. The molecule has 1 N–H and O–H groups in total. The van der Waals surface area contributed by atoms with Gasteiger partial charge in [0.25, 0.3) is 0 Å². The molecule has 2 amide bonds. The van der Waals surface area contributed by atoms with E-state index in [-0.39, 0.29) is 11.8 Å². The van der Waals surface area contributed by atoms with Crippen LogP contribution in [-0.4, -0.2) is 37.5 Å². The fourth-order valence-corrected chi connectivity index (χ4v) is 3.84. The molecule has 0 radical (unpaired) electrons. The third-order valence-electron chi connectivity index (χ3n) is 5.45. The first-order valence-corrected chi connectivity index (χ1v) is 10.5. The summed E-state index contributed by atoms with van der Waals surface area (Å²) in [6, 6.07) is 8.34. The van der Waals surface area contributed by atoms with Crippen molar-refractivity contribution in [3.63, 3.8) is 0 Å². The zero-order valence-corrected chi connectivity index (χ0v) is 17.2. The van der Waals surface area contributed by atoms with Crippen molar-refractivity contribution in [3.8, 4) is 0 Å². The quantitative estimate of drug-likeness (QED) is 0.698. The number of anilines is 2. The normalized spacial score (nSPS) is 15.1. The molecule has 0 heterocycles. The van der Waals surface area contributed by atoms with Gasteiger partial charge in [0.1, 0.15) is 0 Å². The maximum Gasteiger partial charge on any atom is 0.223 e. The number of benzene rings is 1. The summed E-state index contributed by atoms with van der Waals surface area (Å²) in [5.74, 6) is 0.0146. The molecule has 0 unspecified atom stereocenters. The molecule has 2 rings (SSSR count). The van der Waals surface area contributed by atoms with Crippen LogP contribution in [0.5, 0.6) is 0 Å². The number of amides is 2. The molecule has 1 aliphatic carbocycles. The van der Waals surface area contributed by atoms with E-state index in [1.165, 1.54) is 25.7 Å². The minimum Gasteiger partial charge on any atom is -0.372 e. The standard InChI is InChI=1S/C22H35N3O2/c1-4-24(5-2)20-12-14-21(15-13-20)25(18(3)26)17-16-22(27)23-19-10-8-6-7-9-11-19/h12-15,19H,4-11,16-17H2,1-3H3,(H,23,27). The molecule has 1 fully saturated rings. The van der Waals surface area contributed by atoms with Crippen LogP contribution in [0, 0.1) is 0 Å². The van der Waals surface area contributed by atoms with Crippen molar-refractivity contribution >= 4 is 23.2 Å². The Labute approximate surface area is 164 Å². The van der Waals surface area contributed by atoms with E-state index < -0.39 is 0 Å². The van der Waals surface area contributed by atoms with E-state index in [0.717, 1.165) is 37.3 Å². The Bertz CT molecular complexity index is 588. The highest BCUT2D eigenvalue weighted by Crippen LogP contribution is 2.21. The highest BCUT2D eigenvalue weighted by Gasteiger charge is 2.17. The van der Waals surface area contributed by atoms with E-state index >= 15 is 0 Å². The Morgan fingerprint density at radius 3 is 2.04 bits per heavy atom. The molecule has 0 aromatic heterocycles. The van der Waals surface area contributed by atoms with Crippen LogP contribution in [0.15, 0.2) is 24.3 Å². The predicted molar refractivity (Wildman–Crippen MR) is 112 cm³/mol. The summed E-state index contributed by atoms with van der Waals surface area (Å²) in [7, 11) is 0. The van der Waals surface area contributed by atoms with Crippen LogP contribution >= 0.6 is 0 Å². The molecule has 27 heavy (non-hydrogen) atoms. The maximum atomic E-state index is 12.3. The second kappa shape index (κ2) is 11.0. The van der Waals surface area contributed by atoms with E-state index in [9.17, 15) is 9.59 Å². The van der Waals surface area contributed by atoms with Gasteiger partial charge < -0.3 is 15.1 Å². The van der Waals surface area contributed by atoms with E-state index in [1.54, 1.807) is 11.8 Å². The maximum absolute atomic E-state index is 12.3. The second-order valence-electron chi connectivity index (χ2n) is 7.37. The molecular formula is C22H35N3O2. The summed E-state index contributed by atoms with van der Waals surface area (Å²) >= 11 is 0. The number of nitrogens with one attached hydrogen (secondary N) is 1. The van der Waals surface area contributed by atoms with Crippen LogP contribution in [0.3, 0.4) is 0 Å². The molecule has 5 heteroatoms. The van der Waals surface area contributed by atoms with Crippen molar-refractivity contribution in [1.82, 2.24) is 5.32 Å². The molecule has 0 atom stereocenters. The van der Waals surface area contributed by atoms with Gasteiger partial charge in [0.15, 0.2) is 0 Å². The van der Waals surface area contributed by atoms with Crippen molar-refractivity contribution in [3.05, 3.63) is 24.3 Å². The number of nitrogens with zero attached hydrogens (tertiary/aromatic N) is 2. The summed E-state index contributed by atoms with van der Waals surface area (Å²) in [6.45, 7) is 8.14. The molecule has 1 aromatic carbocycles. The van der Waals surface area contributed by atoms with Crippen LogP contribution < -0.4 is 15.1 Å². The van der Waals surface area contributed by atoms with Crippen LogP contribution in [-0.2, 0) is 9.59 Å². The molecule has 1 aromatic rings. The average Bonchev–Trinajstić information content (AvgIpc) is 2.92. The molecule has 1 aliphatic rings. The topological polar surface area (TPSA) is 52.6 Å². The fourth-order valence-electron chi connectivity index (χ4n) is 3.84. The first-order chi connectivity index (χ1) is 13.0. The fraction of sp³-hybridized carbons (Fsp3) is 0.636. The van der Waals surface area contributed by atoms with E-state index in [2.05, 4.69) is 24.1 Å². The van der Waals surface area contributed by atoms with E-state index in [0.29, 0.717) is 19.0 Å². The van der Waals surface area contributed by atoms with Crippen molar-refractivity contribution in [2.75, 3.05) is 29.4 Å². The van der Waals surface area contributed by atoms with Crippen LogP contribution in [0.1, 0.15) is 65.7 Å². The van der Waals surface area contributed by atoms with Crippen molar-refractivity contribution in [1.29, 1.82) is 0 Å². The molecule has 0 aliphatic heterocycles. The van der Waals surface area contributed by atoms with Gasteiger partial charge in [0.2, 0.25) is 11.8 Å². The highest BCUT2D eigenvalue weighted by molar-refractivity contribution is 5.92. The Morgan fingerprint density at radius 2 is 1.52 bits per heavy atom. The zero-order valence-electron chi connectivity index (χ0n) is 17.2. The first kappa shape index (κ1) is 21.3. The SMILES string of the molecule is CCN(CC)c1ccc(N(CCC(=O)NC2CCCCCC2)C(C)=O)cc1. The van der Waals surface area contributed by atoms with Crippen LogP contribution in [0.4, 0.5) is 11.4 Å². The summed E-state index contributed by atoms with van der Waals surface area (Å²) in [4.78, 5) is 28.4. The molecule has 0 saturated heterocycles. The van der Waals surface area contributed by atoms with E-state index in [4.69, 9.17) is 0 Å². The van der Waals surface area contributed by atoms with E-state index in [1.807, 2.05) is 24.3 Å². The number of hydrogen-bond donors (Lipinski definition) is 1. The van der Waals surface area contributed by atoms with Crippen LogP contribution in [0.2, 0.25) is 0 Å². The molecule has 0 spiro atoms. The molecule has 1 saturated carbocycles. The average molecular weight is 374 g/mol. The summed E-state index contributed by atoms with van der Waals surface area (Å²) < 4.78 is 0. The second-order valence-corrected chi connectivity index (χ2v) is 7.37. The molecule has 150 valence electrons. The summed E-state index contributed by atoms with van der Waals surface area (Å²) in [6.07, 6.45) is 7.44. The smallest absolute Gasteiger partial charge is 0.223 e. The molecule has 0 bridgehead atoms. The number of rotatable bonds is 8. The lowest BCUT2D eigenvalue weighted by Crippen LogP contribution is -2.38.